The minimum absolute atomic E-state index is 0.0943. The summed E-state index contributed by atoms with van der Waals surface area (Å²) in [6.07, 6.45) is -4.69. The highest BCUT2D eigenvalue weighted by atomic mass is 35.5. The highest BCUT2D eigenvalue weighted by molar-refractivity contribution is 6.30. The molecule has 1 heterocycles. The van der Waals surface area contributed by atoms with Gasteiger partial charge in [-0.25, -0.2) is 9.48 Å². The molecular formula is C22H20ClF3N4O3. The first kappa shape index (κ1) is 24.1. The Kier molecular flexibility index (Phi) is 7.27. The van der Waals surface area contributed by atoms with Gasteiger partial charge in [-0.15, -0.1) is 0 Å². The molecule has 11 heteroatoms. The van der Waals surface area contributed by atoms with Crippen molar-refractivity contribution < 1.29 is 27.5 Å². The number of rotatable bonds is 6. The van der Waals surface area contributed by atoms with E-state index in [1.54, 1.807) is 6.07 Å². The Labute approximate surface area is 192 Å². The molecule has 0 aliphatic carbocycles. The van der Waals surface area contributed by atoms with Crippen molar-refractivity contribution in [2.45, 2.75) is 20.0 Å². The largest absolute Gasteiger partial charge is 0.449 e. The number of aromatic nitrogens is 2. The molecule has 3 aromatic rings. The van der Waals surface area contributed by atoms with Crippen molar-refractivity contribution in [2.75, 3.05) is 17.2 Å². The lowest BCUT2D eigenvalue weighted by atomic mass is 10.2. The van der Waals surface area contributed by atoms with Gasteiger partial charge in [0.2, 0.25) is 0 Å². The second-order valence-corrected chi connectivity index (χ2v) is 7.88. The van der Waals surface area contributed by atoms with Gasteiger partial charge in [-0.3, -0.25) is 10.1 Å². The molecule has 0 aliphatic rings. The Balaban J connectivity index is 1.82. The van der Waals surface area contributed by atoms with Crippen LogP contribution in [0, 0.1) is 5.92 Å². The van der Waals surface area contributed by atoms with Gasteiger partial charge in [-0.05, 0) is 48.4 Å². The van der Waals surface area contributed by atoms with E-state index in [9.17, 15) is 22.8 Å². The van der Waals surface area contributed by atoms with Gasteiger partial charge in [-0.2, -0.15) is 18.3 Å². The molecule has 0 bridgehead atoms. The molecule has 3 rings (SSSR count). The van der Waals surface area contributed by atoms with E-state index in [1.807, 2.05) is 13.8 Å². The molecular weight excluding hydrogens is 461 g/mol. The quantitative estimate of drug-likeness (QED) is 0.453. The van der Waals surface area contributed by atoms with Crippen LogP contribution in [0.5, 0.6) is 0 Å². The summed E-state index contributed by atoms with van der Waals surface area (Å²) in [5, 5.41) is 9.00. The number of nitrogens with one attached hydrogen (secondary N) is 2. The smallest absolute Gasteiger partial charge is 0.434 e. The zero-order valence-electron chi connectivity index (χ0n) is 17.6. The number of halogens is 4. The van der Waals surface area contributed by atoms with E-state index in [4.69, 9.17) is 16.3 Å². The zero-order chi connectivity index (χ0) is 24.2. The van der Waals surface area contributed by atoms with Crippen LogP contribution in [-0.4, -0.2) is 28.4 Å². The van der Waals surface area contributed by atoms with E-state index in [1.165, 1.54) is 42.5 Å². The topological polar surface area (TPSA) is 85.2 Å². The Morgan fingerprint density at radius 2 is 1.73 bits per heavy atom. The number of hydrogen-bond donors (Lipinski definition) is 2. The third kappa shape index (κ3) is 6.26. The van der Waals surface area contributed by atoms with Gasteiger partial charge in [0.25, 0.3) is 5.91 Å². The third-order valence-corrected chi connectivity index (χ3v) is 4.52. The predicted octanol–water partition coefficient (Wildman–Crippen LogP) is 6.00. The van der Waals surface area contributed by atoms with Gasteiger partial charge < -0.3 is 10.1 Å². The van der Waals surface area contributed by atoms with Crippen LogP contribution in [0.4, 0.5) is 29.3 Å². The summed E-state index contributed by atoms with van der Waals surface area (Å²) < 4.78 is 47.1. The first-order valence-electron chi connectivity index (χ1n) is 9.81. The van der Waals surface area contributed by atoms with Crippen molar-refractivity contribution in [2.24, 2.45) is 5.92 Å². The summed E-state index contributed by atoms with van der Waals surface area (Å²) in [6, 6.07) is 11.5. The number of carbonyl (C=O) groups excluding carboxylic acids is 2. The van der Waals surface area contributed by atoms with Crippen molar-refractivity contribution in [1.29, 1.82) is 0 Å². The molecule has 1 aromatic heterocycles. The number of anilines is 2. The van der Waals surface area contributed by atoms with E-state index in [0.29, 0.717) is 15.4 Å². The molecule has 0 aliphatic heterocycles. The fourth-order valence-corrected chi connectivity index (χ4v) is 2.96. The predicted molar refractivity (Wildman–Crippen MR) is 118 cm³/mol. The number of alkyl halides is 3. The van der Waals surface area contributed by atoms with E-state index >= 15 is 0 Å². The molecule has 2 aromatic carbocycles. The van der Waals surface area contributed by atoms with E-state index in [-0.39, 0.29) is 23.9 Å². The number of benzene rings is 2. The maximum absolute atomic E-state index is 13.8. The van der Waals surface area contributed by atoms with Gasteiger partial charge in [0.1, 0.15) is 0 Å². The molecule has 0 fully saturated rings. The first-order chi connectivity index (χ1) is 15.5. The average Bonchev–Trinajstić information content (AvgIpc) is 3.19. The Bertz CT molecular complexity index is 1140. The normalized spacial score (nSPS) is 11.4. The summed E-state index contributed by atoms with van der Waals surface area (Å²) in [6.45, 7) is 3.99. The molecule has 0 saturated carbocycles. The maximum Gasteiger partial charge on any atom is 0.434 e. The van der Waals surface area contributed by atoms with Crippen molar-refractivity contribution >= 4 is 35.0 Å². The van der Waals surface area contributed by atoms with Crippen molar-refractivity contribution in [3.8, 4) is 5.69 Å². The second kappa shape index (κ2) is 9.95. The summed E-state index contributed by atoms with van der Waals surface area (Å²) in [7, 11) is 0. The summed E-state index contributed by atoms with van der Waals surface area (Å²) in [5.74, 6) is -0.861. The van der Waals surface area contributed by atoms with Gasteiger partial charge in [0, 0.05) is 16.4 Å². The maximum atomic E-state index is 13.8. The molecule has 0 atom stereocenters. The fraction of sp³-hybridized carbons (Fsp3) is 0.227. The highest BCUT2D eigenvalue weighted by Gasteiger charge is 2.40. The number of ether oxygens (including phenoxy) is 1. The van der Waals surface area contributed by atoms with E-state index in [2.05, 4.69) is 15.7 Å². The molecule has 0 radical (unpaired) electrons. The van der Waals surface area contributed by atoms with Crippen LogP contribution in [0.1, 0.15) is 29.9 Å². The first-order valence-corrected chi connectivity index (χ1v) is 10.2. The summed E-state index contributed by atoms with van der Waals surface area (Å²) >= 11 is 5.80. The van der Waals surface area contributed by atoms with Crippen LogP contribution in [0.25, 0.3) is 5.69 Å². The summed E-state index contributed by atoms with van der Waals surface area (Å²) in [4.78, 5) is 24.5. The van der Waals surface area contributed by atoms with Gasteiger partial charge in [-0.1, -0.05) is 31.5 Å². The monoisotopic (exact) mass is 480 g/mol. The molecule has 0 spiro atoms. The van der Waals surface area contributed by atoms with Crippen molar-refractivity contribution in [3.63, 3.8) is 0 Å². The third-order valence-electron chi connectivity index (χ3n) is 4.27. The average molecular weight is 481 g/mol. The molecule has 33 heavy (non-hydrogen) atoms. The standard InChI is InChI=1S/C22H20ClF3N4O3/c1-13(2)12-33-21(32)29-16-5-3-4-15(10-16)28-20(31)18-11-27-30(19(18)22(24,25)26)17-8-6-14(23)7-9-17/h3-11,13H,12H2,1-2H3,(H,28,31)(H,29,32). The minimum Gasteiger partial charge on any atom is -0.449 e. The lowest BCUT2D eigenvalue weighted by molar-refractivity contribution is -0.143. The van der Waals surface area contributed by atoms with Crippen LogP contribution in [0.2, 0.25) is 5.02 Å². The lowest BCUT2D eigenvalue weighted by Crippen LogP contribution is -2.21. The van der Waals surface area contributed by atoms with Crippen molar-refractivity contribution in [3.05, 3.63) is 71.0 Å². The highest BCUT2D eigenvalue weighted by Crippen LogP contribution is 2.34. The summed E-state index contributed by atoms with van der Waals surface area (Å²) in [5.41, 5.74) is -1.32. The number of nitrogens with zero attached hydrogens (tertiary/aromatic N) is 2. The number of amides is 2. The van der Waals surface area contributed by atoms with E-state index < -0.39 is 29.4 Å². The Morgan fingerprint density at radius 3 is 2.33 bits per heavy atom. The van der Waals surface area contributed by atoms with Gasteiger partial charge in [0.05, 0.1) is 24.1 Å². The van der Waals surface area contributed by atoms with Crippen LogP contribution in [-0.2, 0) is 10.9 Å². The lowest BCUT2D eigenvalue weighted by Gasteiger charge is -2.13. The molecule has 174 valence electrons. The molecule has 2 amide bonds. The fourth-order valence-electron chi connectivity index (χ4n) is 2.83. The van der Waals surface area contributed by atoms with Crippen LogP contribution < -0.4 is 10.6 Å². The number of carbonyl (C=O) groups is 2. The van der Waals surface area contributed by atoms with Crippen molar-refractivity contribution in [1.82, 2.24) is 9.78 Å². The molecule has 2 N–H and O–H groups in total. The molecule has 0 saturated heterocycles. The molecule has 7 nitrogen and oxygen atoms in total. The SMILES string of the molecule is CC(C)COC(=O)Nc1cccc(NC(=O)c2cnn(-c3ccc(Cl)cc3)c2C(F)(F)F)c1. The zero-order valence-corrected chi connectivity index (χ0v) is 18.4. The Morgan fingerprint density at radius 1 is 1.09 bits per heavy atom. The second-order valence-electron chi connectivity index (χ2n) is 7.45. The minimum atomic E-state index is -4.85. The van der Waals surface area contributed by atoms with Gasteiger partial charge >= 0.3 is 12.3 Å². The van der Waals surface area contributed by atoms with Crippen LogP contribution >= 0.6 is 11.6 Å². The molecule has 0 unspecified atom stereocenters. The van der Waals surface area contributed by atoms with Gasteiger partial charge in [0.15, 0.2) is 5.69 Å². The number of hydrogen-bond acceptors (Lipinski definition) is 4. The Hall–Kier alpha value is -3.53. The van der Waals surface area contributed by atoms with Crippen LogP contribution in [0.3, 0.4) is 0 Å². The van der Waals surface area contributed by atoms with Crippen LogP contribution in [0.15, 0.2) is 54.7 Å². The van der Waals surface area contributed by atoms with E-state index in [0.717, 1.165) is 6.20 Å².